The average Bonchev–Trinajstić information content (AvgIpc) is 2.43. The van der Waals surface area contributed by atoms with Gasteiger partial charge in [-0.2, -0.15) is 0 Å². The molecule has 0 atom stereocenters. The fraction of sp³-hybridized carbons (Fsp3) is 0.222. The maximum atomic E-state index is 10.9. The largest absolute Gasteiger partial charge is 0.368 e. The second kappa shape index (κ2) is 3.47. The van der Waals surface area contributed by atoms with Crippen molar-refractivity contribution in [2.24, 2.45) is 5.73 Å². The zero-order valence-corrected chi connectivity index (χ0v) is 8.97. The Balaban J connectivity index is 2.70. The van der Waals surface area contributed by atoms with Crippen molar-refractivity contribution in [1.29, 1.82) is 0 Å². The molecule has 15 heavy (non-hydrogen) atoms. The van der Waals surface area contributed by atoms with Gasteiger partial charge in [-0.1, -0.05) is 0 Å². The molecule has 0 fully saturated rings. The molecule has 78 valence electrons. The summed E-state index contributed by atoms with van der Waals surface area (Å²) >= 11 is 5.07. The number of fused-ring (bicyclic) bond motifs is 1. The number of pyridine rings is 1. The topological polar surface area (TPSA) is 76.7 Å². The number of hydrogen-bond donors (Lipinski definition) is 2. The lowest BCUT2D eigenvalue weighted by atomic mass is 10.3. The zero-order chi connectivity index (χ0) is 11.0. The molecule has 0 aliphatic carbocycles. The number of primary amides is 1. The number of nitrogens with zero attached hydrogens (tertiary/aromatic N) is 2. The van der Waals surface area contributed by atoms with E-state index < -0.39 is 5.91 Å². The molecule has 0 unspecified atom stereocenters. The van der Waals surface area contributed by atoms with E-state index in [-0.39, 0.29) is 6.54 Å². The third-order valence-electron chi connectivity index (χ3n) is 2.07. The molecule has 2 heterocycles. The Morgan fingerprint density at radius 3 is 3.07 bits per heavy atom. The van der Waals surface area contributed by atoms with Gasteiger partial charge in [0.05, 0.1) is 5.52 Å². The van der Waals surface area contributed by atoms with E-state index in [9.17, 15) is 4.79 Å². The van der Waals surface area contributed by atoms with Crippen LogP contribution in [0.3, 0.4) is 0 Å². The molecule has 2 aromatic rings. The van der Waals surface area contributed by atoms with Gasteiger partial charge in [0.2, 0.25) is 5.91 Å². The summed E-state index contributed by atoms with van der Waals surface area (Å²) < 4.78 is 2.06. The molecule has 1 amide bonds. The summed E-state index contributed by atoms with van der Waals surface area (Å²) in [5, 5.41) is 0. The van der Waals surface area contributed by atoms with Crippen molar-refractivity contribution in [3.05, 3.63) is 22.6 Å². The van der Waals surface area contributed by atoms with E-state index in [4.69, 9.17) is 18.0 Å². The van der Waals surface area contributed by atoms with Gasteiger partial charge >= 0.3 is 0 Å². The summed E-state index contributed by atoms with van der Waals surface area (Å²) in [6.07, 6.45) is 0. The van der Waals surface area contributed by atoms with Crippen molar-refractivity contribution in [2.45, 2.75) is 13.5 Å². The molecule has 0 aromatic carbocycles. The van der Waals surface area contributed by atoms with Gasteiger partial charge in [0.15, 0.2) is 10.4 Å². The molecule has 6 heteroatoms. The predicted octanol–water partition coefficient (Wildman–Crippen LogP) is 0.888. The second-order valence-corrected chi connectivity index (χ2v) is 3.69. The molecule has 0 aliphatic rings. The van der Waals surface area contributed by atoms with Crippen LogP contribution in [0, 0.1) is 11.7 Å². The molecule has 0 saturated heterocycles. The van der Waals surface area contributed by atoms with Crippen LogP contribution in [0.15, 0.2) is 12.1 Å². The third-order valence-corrected chi connectivity index (χ3v) is 2.39. The first-order chi connectivity index (χ1) is 7.08. The fourth-order valence-electron chi connectivity index (χ4n) is 1.43. The maximum Gasteiger partial charge on any atom is 0.237 e. The average molecular weight is 222 g/mol. The molecule has 2 rings (SSSR count). The molecule has 0 aliphatic heterocycles. The van der Waals surface area contributed by atoms with Crippen LogP contribution in [0.25, 0.3) is 11.2 Å². The lowest BCUT2D eigenvalue weighted by Gasteiger charge is -2.00. The minimum atomic E-state index is -0.435. The van der Waals surface area contributed by atoms with Crippen molar-refractivity contribution in [3.8, 4) is 0 Å². The zero-order valence-electron chi connectivity index (χ0n) is 8.15. The Morgan fingerprint density at radius 1 is 1.67 bits per heavy atom. The highest BCUT2D eigenvalue weighted by Gasteiger charge is 2.07. The number of H-pyrrole nitrogens is 1. The summed E-state index contributed by atoms with van der Waals surface area (Å²) in [5.74, 6) is -0.435. The molecule has 5 nitrogen and oxygen atoms in total. The van der Waals surface area contributed by atoms with Crippen LogP contribution >= 0.6 is 12.2 Å². The van der Waals surface area contributed by atoms with Gasteiger partial charge in [-0.25, -0.2) is 4.98 Å². The van der Waals surface area contributed by atoms with Crippen molar-refractivity contribution < 1.29 is 4.79 Å². The van der Waals surface area contributed by atoms with E-state index in [0.29, 0.717) is 10.4 Å². The molecule has 0 saturated carbocycles. The monoisotopic (exact) mass is 222 g/mol. The van der Waals surface area contributed by atoms with Crippen LogP contribution < -0.4 is 5.73 Å². The van der Waals surface area contributed by atoms with Gasteiger partial charge in [0.25, 0.3) is 0 Å². The van der Waals surface area contributed by atoms with E-state index in [1.807, 2.05) is 19.1 Å². The van der Waals surface area contributed by atoms with Crippen LogP contribution in [0.5, 0.6) is 0 Å². The quantitative estimate of drug-likeness (QED) is 0.741. The number of aromatic amines is 1. The lowest BCUT2D eigenvalue weighted by molar-refractivity contribution is -0.118. The lowest BCUT2D eigenvalue weighted by Crippen LogP contribution is -2.18. The second-order valence-electron chi connectivity index (χ2n) is 3.31. The Kier molecular flexibility index (Phi) is 2.28. The highest BCUT2D eigenvalue weighted by Crippen LogP contribution is 2.11. The molecular formula is C9H10N4OS. The number of carbonyl (C=O) groups is 1. The fourth-order valence-corrected chi connectivity index (χ4v) is 1.69. The van der Waals surface area contributed by atoms with E-state index in [1.165, 1.54) is 0 Å². The standard InChI is InChI=1S/C9H10N4OS/c1-5-2-3-6-8(11-5)13(4-7(10)14)9(15)12-6/h2-3H,4H2,1H3,(H2,10,14)(H,12,15). The van der Waals surface area contributed by atoms with Crippen molar-refractivity contribution >= 4 is 29.3 Å². The number of imidazole rings is 1. The van der Waals surface area contributed by atoms with Gasteiger partial charge in [0.1, 0.15) is 6.54 Å². The Labute approximate surface area is 90.9 Å². The minimum absolute atomic E-state index is 0.0509. The first kappa shape index (κ1) is 9.85. The number of nitrogens with one attached hydrogen (secondary N) is 1. The first-order valence-corrected chi connectivity index (χ1v) is 4.83. The molecule has 0 spiro atoms. The predicted molar refractivity (Wildman–Crippen MR) is 58.8 cm³/mol. The summed E-state index contributed by atoms with van der Waals surface area (Å²) in [7, 11) is 0. The van der Waals surface area contributed by atoms with E-state index in [0.717, 1.165) is 11.2 Å². The number of aromatic nitrogens is 3. The first-order valence-electron chi connectivity index (χ1n) is 4.42. The van der Waals surface area contributed by atoms with Crippen molar-refractivity contribution in [1.82, 2.24) is 14.5 Å². The summed E-state index contributed by atoms with van der Waals surface area (Å²) in [6.45, 7) is 1.93. The number of nitrogens with two attached hydrogens (primary N) is 1. The summed E-state index contributed by atoms with van der Waals surface area (Å²) in [5.41, 5.74) is 7.48. The van der Waals surface area contributed by atoms with Gasteiger partial charge in [0, 0.05) is 5.69 Å². The highest BCUT2D eigenvalue weighted by molar-refractivity contribution is 7.71. The Hall–Kier alpha value is -1.69. The number of amides is 1. The number of hydrogen-bond acceptors (Lipinski definition) is 3. The highest BCUT2D eigenvalue weighted by atomic mass is 32.1. The number of aryl methyl sites for hydroxylation is 1. The van der Waals surface area contributed by atoms with Crippen LogP contribution in [0.2, 0.25) is 0 Å². The smallest absolute Gasteiger partial charge is 0.237 e. The molecule has 3 N–H and O–H groups in total. The minimum Gasteiger partial charge on any atom is -0.368 e. The van der Waals surface area contributed by atoms with Gasteiger partial charge < -0.3 is 10.7 Å². The van der Waals surface area contributed by atoms with Crippen molar-refractivity contribution in [2.75, 3.05) is 0 Å². The number of carbonyl (C=O) groups excluding carboxylic acids is 1. The van der Waals surface area contributed by atoms with Crippen LogP contribution in [-0.4, -0.2) is 20.4 Å². The molecule has 2 aromatic heterocycles. The van der Waals surface area contributed by atoms with Crippen LogP contribution in [0.4, 0.5) is 0 Å². The van der Waals surface area contributed by atoms with Crippen LogP contribution in [0.1, 0.15) is 5.69 Å². The van der Waals surface area contributed by atoms with E-state index >= 15 is 0 Å². The normalized spacial score (nSPS) is 10.7. The van der Waals surface area contributed by atoms with E-state index in [2.05, 4.69) is 9.97 Å². The Bertz CT molecular complexity index is 583. The SMILES string of the molecule is Cc1ccc2[nH]c(=S)n(CC(N)=O)c2n1. The van der Waals surface area contributed by atoms with Gasteiger partial charge in [-0.15, -0.1) is 0 Å². The van der Waals surface area contributed by atoms with E-state index in [1.54, 1.807) is 4.57 Å². The summed E-state index contributed by atoms with van der Waals surface area (Å²) in [6, 6.07) is 3.76. The molecule has 0 radical (unpaired) electrons. The Morgan fingerprint density at radius 2 is 2.40 bits per heavy atom. The third kappa shape index (κ3) is 1.75. The number of rotatable bonds is 2. The maximum absolute atomic E-state index is 10.9. The summed E-state index contributed by atoms with van der Waals surface area (Å²) in [4.78, 5) is 18.1. The molecule has 0 bridgehead atoms. The molecular weight excluding hydrogens is 212 g/mol. The van der Waals surface area contributed by atoms with Gasteiger partial charge in [-0.3, -0.25) is 9.36 Å². The van der Waals surface area contributed by atoms with Gasteiger partial charge in [-0.05, 0) is 31.3 Å². The van der Waals surface area contributed by atoms with Crippen LogP contribution in [-0.2, 0) is 11.3 Å². The van der Waals surface area contributed by atoms with Crippen molar-refractivity contribution in [3.63, 3.8) is 0 Å².